The maximum atomic E-state index is 13.0. The number of hydrogen-bond acceptors (Lipinski definition) is 4. The van der Waals surface area contributed by atoms with Gasteiger partial charge in [0.1, 0.15) is 0 Å². The Morgan fingerprint density at radius 1 is 1.07 bits per heavy atom. The van der Waals surface area contributed by atoms with Crippen LogP contribution < -0.4 is 10.2 Å². The molecule has 1 aliphatic rings. The number of benzene rings is 2. The Balaban J connectivity index is 1.29. The van der Waals surface area contributed by atoms with Crippen molar-refractivity contribution >= 4 is 17.4 Å². The molecule has 0 unspecified atom stereocenters. The zero-order chi connectivity index (χ0) is 21.1. The van der Waals surface area contributed by atoms with Crippen LogP contribution in [0.2, 0.25) is 0 Å². The Morgan fingerprint density at radius 2 is 1.73 bits per heavy atom. The number of rotatable bonds is 6. The summed E-state index contributed by atoms with van der Waals surface area (Å²) in [5.74, 6) is -2.36. The summed E-state index contributed by atoms with van der Waals surface area (Å²) in [4.78, 5) is 13.9. The first-order chi connectivity index (χ1) is 14.4. The van der Waals surface area contributed by atoms with Gasteiger partial charge in [-0.25, -0.2) is 8.78 Å². The van der Waals surface area contributed by atoms with Crippen molar-refractivity contribution < 1.29 is 13.6 Å². The van der Waals surface area contributed by atoms with E-state index in [2.05, 4.69) is 16.5 Å². The quantitative estimate of drug-likeness (QED) is 0.679. The predicted octanol–water partition coefficient (Wildman–Crippen LogP) is 3.44. The molecule has 0 spiro atoms. The molecule has 0 aliphatic carbocycles. The number of carbonyl (C=O) groups excluding carboxylic acids is 1. The van der Waals surface area contributed by atoms with Gasteiger partial charge in [-0.15, -0.1) is 0 Å². The molecule has 1 aliphatic heterocycles. The minimum Gasteiger partial charge on any atom is -0.359 e. The second kappa shape index (κ2) is 7.95. The normalized spacial score (nSPS) is 14.6. The number of alkyl halides is 2. The van der Waals surface area contributed by atoms with Crippen molar-refractivity contribution in [2.75, 3.05) is 23.3 Å². The Kier molecular flexibility index (Phi) is 5.19. The molecule has 0 atom stereocenters. The average molecular weight is 407 g/mol. The molecule has 2 aromatic carbocycles. The molecule has 1 aromatic heterocycles. The highest BCUT2D eigenvalue weighted by Crippen LogP contribution is 2.31. The van der Waals surface area contributed by atoms with Crippen molar-refractivity contribution in [1.29, 1.82) is 5.26 Å². The molecule has 1 fully saturated rings. The van der Waals surface area contributed by atoms with Gasteiger partial charge in [-0.3, -0.25) is 9.48 Å². The summed E-state index contributed by atoms with van der Waals surface area (Å²) in [6.45, 7) is -0.00545. The summed E-state index contributed by atoms with van der Waals surface area (Å²) in [6, 6.07) is 18.1. The van der Waals surface area contributed by atoms with E-state index < -0.39 is 5.92 Å². The summed E-state index contributed by atoms with van der Waals surface area (Å²) in [5.41, 5.74) is 3.12. The number of carbonyl (C=O) groups is 1. The zero-order valence-electron chi connectivity index (χ0n) is 16.1. The third kappa shape index (κ3) is 4.63. The molecule has 152 valence electrons. The Morgan fingerprint density at radius 3 is 2.37 bits per heavy atom. The maximum Gasteiger partial charge on any atom is 0.282 e. The smallest absolute Gasteiger partial charge is 0.282 e. The summed E-state index contributed by atoms with van der Waals surface area (Å²) < 4.78 is 27.6. The van der Waals surface area contributed by atoms with Crippen molar-refractivity contribution in [2.24, 2.45) is 0 Å². The number of nitriles is 1. The lowest BCUT2D eigenvalue weighted by atomic mass is 10.1. The third-order valence-corrected chi connectivity index (χ3v) is 4.85. The summed E-state index contributed by atoms with van der Waals surface area (Å²) in [6.07, 6.45) is 1.93. The lowest BCUT2D eigenvalue weighted by molar-refractivity contribution is -0.115. The first kappa shape index (κ1) is 19.6. The van der Waals surface area contributed by atoms with Gasteiger partial charge in [0.25, 0.3) is 5.92 Å². The van der Waals surface area contributed by atoms with E-state index in [1.165, 1.54) is 0 Å². The van der Waals surface area contributed by atoms with Gasteiger partial charge in [-0.1, -0.05) is 24.3 Å². The zero-order valence-corrected chi connectivity index (χ0v) is 16.1. The monoisotopic (exact) mass is 407 g/mol. The highest BCUT2D eigenvalue weighted by molar-refractivity contribution is 5.91. The average Bonchev–Trinajstić information content (AvgIpc) is 3.14. The first-order valence-corrected chi connectivity index (χ1v) is 9.44. The number of nitrogens with zero attached hydrogens (tertiary/aromatic N) is 4. The summed E-state index contributed by atoms with van der Waals surface area (Å²) >= 11 is 0. The fourth-order valence-corrected chi connectivity index (χ4v) is 3.28. The van der Waals surface area contributed by atoms with Gasteiger partial charge in [0, 0.05) is 18.0 Å². The first-order valence-electron chi connectivity index (χ1n) is 9.44. The molecular weight excluding hydrogens is 388 g/mol. The van der Waals surface area contributed by atoms with Gasteiger partial charge in [0.2, 0.25) is 5.91 Å². The topological polar surface area (TPSA) is 74.0 Å². The second-order valence-electron chi connectivity index (χ2n) is 7.31. The van der Waals surface area contributed by atoms with Crippen LogP contribution in [0.3, 0.4) is 0 Å². The van der Waals surface area contributed by atoms with Crippen LogP contribution >= 0.6 is 0 Å². The number of aromatic nitrogens is 2. The molecular formula is C22H19F2N5O. The fourth-order valence-electron chi connectivity index (χ4n) is 3.28. The molecule has 4 rings (SSSR count). The van der Waals surface area contributed by atoms with Crippen LogP contribution in [0.4, 0.5) is 20.3 Å². The molecule has 6 nitrogen and oxygen atoms in total. The number of amides is 1. The van der Waals surface area contributed by atoms with Gasteiger partial charge in [0.05, 0.1) is 37.7 Å². The van der Waals surface area contributed by atoms with Crippen LogP contribution in [0, 0.1) is 11.3 Å². The van der Waals surface area contributed by atoms with Crippen molar-refractivity contribution in [3.63, 3.8) is 0 Å². The van der Waals surface area contributed by atoms with Crippen LogP contribution in [-0.4, -0.2) is 34.7 Å². The Bertz CT molecular complexity index is 1080. The van der Waals surface area contributed by atoms with Crippen LogP contribution in [0.25, 0.3) is 0 Å². The van der Waals surface area contributed by atoms with Gasteiger partial charge in [-0.2, -0.15) is 10.4 Å². The van der Waals surface area contributed by atoms with Crippen LogP contribution in [0.5, 0.6) is 0 Å². The van der Waals surface area contributed by atoms with Gasteiger partial charge in [-0.05, 0) is 35.4 Å². The van der Waals surface area contributed by atoms with Crippen LogP contribution in [0.15, 0.2) is 60.8 Å². The summed E-state index contributed by atoms with van der Waals surface area (Å²) in [5, 5.41) is 15.9. The molecule has 1 N–H and O–H groups in total. The largest absolute Gasteiger partial charge is 0.359 e. The lowest BCUT2D eigenvalue weighted by Gasteiger charge is -2.40. The molecule has 2 heterocycles. The van der Waals surface area contributed by atoms with E-state index in [0.29, 0.717) is 17.9 Å². The number of nitrogens with one attached hydrogen (secondary N) is 1. The summed E-state index contributed by atoms with van der Waals surface area (Å²) in [7, 11) is 0. The molecule has 30 heavy (non-hydrogen) atoms. The Labute approximate surface area is 172 Å². The van der Waals surface area contributed by atoms with Gasteiger partial charge in [0.15, 0.2) is 5.82 Å². The van der Waals surface area contributed by atoms with Crippen molar-refractivity contribution in [2.45, 2.75) is 18.9 Å². The molecule has 1 saturated heterocycles. The SMILES string of the molecule is N#Cc1ccc(Cn2ccc(NC(=O)Cc3ccc(N4CC(F)(F)C4)cc3)n2)cc1. The van der Waals surface area contributed by atoms with Gasteiger partial charge >= 0.3 is 0 Å². The van der Waals surface area contributed by atoms with Crippen molar-refractivity contribution in [1.82, 2.24) is 9.78 Å². The second-order valence-corrected chi connectivity index (χ2v) is 7.31. The van der Waals surface area contributed by atoms with E-state index in [9.17, 15) is 13.6 Å². The van der Waals surface area contributed by atoms with Crippen molar-refractivity contribution in [3.8, 4) is 6.07 Å². The Hall–Kier alpha value is -3.73. The minimum absolute atomic E-state index is 0.166. The van der Waals surface area contributed by atoms with E-state index in [-0.39, 0.29) is 25.4 Å². The number of hydrogen-bond donors (Lipinski definition) is 1. The fraction of sp³-hybridized carbons (Fsp3) is 0.227. The molecule has 1 amide bonds. The molecule has 8 heteroatoms. The van der Waals surface area contributed by atoms with Crippen LogP contribution in [-0.2, 0) is 17.8 Å². The highest BCUT2D eigenvalue weighted by atomic mass is 19.3. The predicted molar refractivity (Wildman–Crippen MR) is 108 cm³/mol. The van der Waals surface area contributed by atoms with Crippen molar-refractivity contribution in [3.05, 3.63) is 77.5 Å². The minimum atomic E-state index is -2.61. The van der Waals surface area contributed by atoms with Crippen LogP contribution in [0.1, 0.15) is 16.7 Å². The molecule has 0 radical (unpaired) electrons. The molecule has 3 aromatic rings. The molecule has 0 saturated carbocycles. The van der Waals surface area contributed by atoms with E-state index in [1.54, 1.807) is 58.2 Å². The van der Waals surface area contributed by atoms with E-state index in [0.717, 1.165) is 16.8 Å². The van der Waals surface area contributed by atoms with E-state index in [1.807, 2.05) is 12.1 Å². The highest BCUT2D eigenvalue weighted by Gasteiger charge is 2.43. The number of anilines is 2. The lowest BCUT2D eigenvalue weighted by Crippen LogP contribution is -2.56. The molecule has 0 bridgehead atoms. The third-order valence-electron chi connectivity index (χ3n) is 4.85. The van der Waals surface area contributed by atoms with E-state index in [4.69, 9.17) is 5.26 Å². The maximum absolute atomic E-state index is 13.0. The number of halogens is 2. The van der Waals surface area contributed by atoms with Gasteiger partial charge < -0.3 is 10.2 Å². The standard InChI is InChI=1S/C22H19F2N5O/c23-22(24)14-28(15-22)19-7-5-16(6-8-19)11-21(30)26-20-9-10-29(27-20)13-18-3-1-17(12-25)2-4-18/h1-10H,11,13-15H2,(H,26,27,30). The van der Waals surface area contributed by atoms with E-state index >= 15 is 0 Å².